The van der Waals surface area contributed by atoms with Crippen LogP contribution < -0.4 is 11.1 Å². The van der Waals surface area contributed by atoms with Crippen molar-refractivity contribution >= 4 is 0 Å². The van der Waals surface area contributed by atoms with Gasteiger partial charge in [0.25, 0.3) is 0 Å². The third kappa shape index (κ3) is 21.4. The summed E-state index contributed by atoms with van der Waals surface area (Å²) in [4.78, 5) is 0. The van der Waals surface area contributed by atoms with Crippen molar-refractivity contribution in [2.45, 2.75) is 68.2 Å². The number of aliphatic hydroxyl groups is 8. The number of aliphatic hydroxyl groups excluding tert-OH is 8. The molecule has 23 nitrogen and oxygen atoms in total. The van der Waals surface area contributed by atoms with E-state index in [0.29, 0.717) is 119 Å². The highest BCUT2D eigenvalue weighted by Gasteiger charge is 2.46. The molecule has 11 N–H and O–H groups in total. The van der Waals surface area contributed by atoms with Crippen LogP contribution in [0.1, 0.15) is 5.69 Å². The van der Waals surface area contributed by atoms with E-state index >= 15 is 0 Å². The van der Waals surface area contributed by atoms with Gasteiger partial charge in [-0.3, -0.25) is 0 Å². The molecule has 0 spiro atoms. The van der Waals surface area contributed by atoms with E-state index in [1.807, 2.05) is 0 Å². The summed E-state index contributed by atoms with van der Waals surface area (Å²) in [7, 11) is 0. The van der Waals surface area contributed by atoms with E-state index in [9.17, 15) is 40.9 Å². The molecule has 330 valence electrons. The fourth-order valence-corrected chi connectivity index (χ4v) is 4.91. The normalized spacial score (nSPS) is 22.3. The Balaban J connectivity index is 1.32. The SMILES string of the molecule is NCc1cn(CCOCCOCCOCCOCCOCCOCCOCCOCCNC[C@H](O)[C@@H](O)[C@H](O[C@H]2O[C@H](CO)[C@@H](O)[C@H](O)[C@H]2O)[C@H](O)CO)nn1. The summed E-state index contributed by atoms with van der Waals surface area (Å²) in [5, 5.41) is 90.7. The number of nitrogens with zero attached hydrogens (tertiary/aromatic N) is 3. The van der Waals surface area contributed by atoms with Crippen molar-refractivity contribution in [3.63, 3.8) is 0 Å². The highest BCUT2D eigenvalue weighted by molar-refractivity contribution is 4.92. The smallest absolute Gasteiger partial charge is 0.187 e. The van der Waals surface area contributed by atoms with E-state index in [2.05, 4.69) is 15.6 Å². The van der Waals surface area contributed by atoms with Crippen LogP contribution in [0.4, 0.5) is 0 Å². The van der Waals surface area contributed by atoms with Gasteiger partial charge >= 0.3 is 0 Å². The molecule has 1 aromatic heterocycles. The molecule has 1 aliphatic heterocycles. The molecule has 56 heavy (non-hydrogen) atoms. The topological polar surface area (TPSA) is 323 Å². The van der Waals surface area contributed by atoms with Crippen molar-refractivity contribution in [1.29, 1.82) is 0 Å². The van der Waals surface area contributed by atoms with Crippen molar-refractivity contribution in [2.24, 2.45) is 5.73 Å². The van der Waals surface area contributed by atoms with E-state index < -0.39 is 68.3 Å². The molecule has 0 aliphatic carbocycles. The second-order valence-electron chi connectivity index (χ2n) is 12.4. The van der Waals surface area contributed by atoms with Gasteiger partial charge in [0.05, 0.1) is 137 Å². The zero-order chi connectivity index (χ0) is 40.8. The van der Waals surface area contributed by atoms with Crippen molar-refractivity contribution in [3.8, 4) is 0 Å². The largest absolute Gasteiger partial charge is 0.394 e. The number of hydrogen-bond donors (Lipinski definition) is 10. The lowest BCUT2D eigenvalue weighted by Gasteiger charge is -2.42. The third-order valence-corrected chi connectivity index (χ3v) is 8.08. The first-order chi connectivity index (χ1) is 27.2. The molecule has 0 bridgehead atoms. The molecule has 1 aromatic rings. The summed E-state index contributed by atoms with van der Waals surface area (Å²) in [6, 6.07) is 0. The van der Waals surface area contributed by atoms with Crippen molar-refractivity contribution < 1.29 is 88.2 Å². The van der Waals surface area contributed by atoms with E-state index in [1.165, 1.54) is 0 Å². The highest BCUT2D eigenvalue weighted by Crippen LogP contribution is 2.25. The minimum absolute atomic E-state index is 0.156. The van der Waals surface area contributed by atoms with E-state index in [4.69, 9.17) is 53.1 Å². The summed E-state index contributed by atoms with van der Waals surface area (Å²) in [5.41, 5.74) is 6.24. The number of ether oxygens (including phenoxy) is 10. The molecule has 1 fully saturated rings. The van der Waals surface area contributed by atoms with Crippen LogP contribution in [-0.4, -0.2) is 243 Å². The Morgan fingerprint density at radius 2 is 1.16 bits per heavy atom. The quantitative estimate of drug-likeness (QED) is 0.0279. The summed E-state index contributed by atoms with van der Waals surface area (Å²) < 4.78 is 56.0. The Kier molecular flexibility index (Phi) is 29.0. The first kappa shape index (κ1) is 50.5. The monoisotopic (exact) mass is 819 g/mol. The second-order valence-corrected chi connectivity index (χ2v) is 12.4. The summed E-state index contributed by atoms with van der Waals surface area (Å²) >= 11 is 0. The number of nitrogens with two attached hydrogens (primary N) is 1. The maximum atomic E-state index is 10.6. The van der Waals surface area contributed by atoms with Gasteiger partial charge in [-0.1, -0.05) is 5.21 Å². The molecule has 0 radical (unpaired) electrons. The third-order valence-electron chi connectivity index (χ3n) is 8.08. The van der Waals surface area contributed by atoms with Gasteiger partial charge in [-0.25, -0.2) is 4.68 Å². The first-order valence-electron chi connectivity index (χ1n) is 18.8. The molecule has 9 atom stereocenters. The van der Waals surface area contributed by atoms with Crippen LogP contribution in [0.15, 0.2) is 6.20 Å². The summed E-state index contributed by atoms with van der Waals surface area (Å²) in [5.74, 6) is 0. The Labute approximate surface area is 326 Å². The highest BCUT2D eigenvalue weighted by atomic mass is 16.7. The lowest BCUT2D eigenvalue weighted by Crippen LogP contribution is -2.61. The molecule has 2 heterocycles. The molecule has 1 saturated heterocycles. The molecule has 1 aliphatic rings. The molecule has 0 saturated carbocycles. The second kappa shape index (κ2) is 32.2. The van der Waals surface area contributed by atoms with Crippen LogP contribution in [0.5, 0.6) is 0 Å². The van der Waals surface area contributed by atoms with E-state index in [1.54, 1.807) is 10.9 Å². The van der Waals surface area contributed by atoms with Crippen LogP contribution in [0, 0.1) is 0 Å². The zero-order valence-corrected chi connectivity index (χ0v) is 31.9. The lowest BCUT2D eigenvalue weighted by atomic mass is 9.98. The van der Waals surface area contributed by atoms with Crippen LogP contribution in [0.25, 0.3) is 0 Å². The summed E-state index contributed by atoms with van der Waals surface area (Å²) in [6.45, 7) is 6.23. The van der Waals surface area contributed by atoms with Gasteiger partial charge in [-0.15, -0.1) is 5.10 Å². The number of rotatable bonds is 37. The minimum Gasteiger partial charge on any atom is -0.394 e. The van der Waals surface area contributed by atoms with Crippen LogP contribution in [-0.2, 0) is 60.5 Å². The predicted molar refractivity (Wildman–Crippen MR) is 191 cm³/mol. The average molecular weight is 820 g/mol. The standard InChI is InChI=1S/C33H65N5O18/c34-19-24-21-38(37-36-24)2-4-48-6-8-50-10-12-52-14-16-54-18-17-53-15-13-51-11-9-49-7-5-47-3-1-35-20-25(41)28(43)32(26(42)22-39)56-33-31(46)30(45)29(44)27(23-40)55-33/h21,25-33,35,39-46H,1-20,22-23,34H2/t25-,26+,27+,28+,29+,30-,31+,32+,33+/m0/s1. The molecular weight excluding hydrogens is 754 g/mol. The number of hydrogen-bond acceptors (Lipinski definition) is 22. The van der Waals surface area contributed by atoms with Gasteiger partial charge in [0.15, 0.2) is 6.29 Å². The first-order valence-corrected chi connectivity index (χ1v) is 18.8. The summed E-state index contributed by atoms with van der Waals surface area (Å²) in [6.07, 6.45) is -13.0. The van der Waals surface area contributed by atoms with Crippen molar-refractivity contribution in [1.82, 2.24) is 20.3 Å². The molecule has 0 amide bonds. The zero-order valence-electron chi connectivity index (χ0n) is 31.9. The van der Waals surface area contributed by atoms with Gasteiger partial charge in [-0.05, 0) is 0 Å². The molecular formula is C33H65N5O18. The molecule has 2 rings (SSSR count). The fraction of sp³-hybridized carbons (Fsp3) is 0.939. The predicted octanol–water partition coefficient (Wildman–Crippen LogP) is -6.28. The van der Waals surface area contributed by atoms with Crippen LogP contribution in [0.3, 0.4) is 0 Å². The fourth-order valence-electron chi connectivity index (χ4n) is 4.91. The maximum absolute atomic E-state index is 10.6. The molecule has 23 heteroatoms. The van der Waals surface area contributed by atoms with Crippen LogP contribution >= 0.6 is 0 Å². The van der Waals surface area contributed by atoms with Gasteiger partial charge in [0, 0.05) is 25.8 Å². The molecule has 0 unspecified atom stereocenters. The maximum Gasteiger partial charge on any atom is 0.187 e. The Morgan fingerprint density at radius 1 is 0.679 bits per heavy atom. The average Bonchev–Trinajstić information content (AvgIpc) is 3.68. The lowest BCUT2D eigenvalue weighted by molar-refractivity contribution is -0.327. The number of aromatic nitrogens is 3. The Hall–Kier alpha value is -1.66. The van der Waals surface area contributed by atoms with Crippen LogP contribution in [0.2, 0.25) is 0 Å². The van der Waals surface area contributed by atoms with E-state index in [-0.39, 0.29) is 13.2 Å². The van der Waals surface area contributed by atoms with Crippen molar-refractivity contribution in [2.75, 3.05) is 132 Å². The Bertz CT molecular complexity index is 1050. The van der Waals surface area contributed by atoms with Gasteiger partial charge in [0.2, 0.25) is 0 Å². The molecule has 0 aromatic carbocycles. The Morgan fingerprint density at radius 3 is 1.61 bits per heavy atom. The number of nitrogens with one attached hydrogen (secondary N) is 1. The minimum atomic E-state index is -1.81. The van der Waals surface area contributed by atoms with Gasteiger partial charge < -0.3 is 99.3 Å². The van der Waals surface area contributed by atoms with Gasteiger partial charge in [0.1, 0.15) is 42.7 Å². The van der Waals surface area contributed by atoms with Gasteiger partial charge in [-0.2, -0.15) is 0 Å². The van der Waals surface area contributed by atoms with Crippen molar-refractivity contribution in [3.05, 3.63) is 11.9 Å². The van der Waals surface area contributed by atoms with E-state index in [0.717, 1.165) is 5.69 Å².